The summed E-state index contributed by atoms with van der Waals surface area (Å²) < 4.78 is 6.81. The Bertz CT molecular complexity index is 866. The molecule has 0 radical (unpaired) electrons. The van der Waals surface area contributed by atoms with Crippen LogP contribution in [-0.2, 0) is 0 Å². The van der Waals surface area contributed by atoms with Gasteiger partial charge in [0.05, 0.1) is 5.69 Å². The molecule has 0 unspecified atom stereocenters. The van der Waals surface area contributed by atoms with Crippen LogP contribution < -0.4 is 4.43 Å². The molecule has 1 N–H and O–H groups in total. The number of aromatic amines is 1. The van der Waals surface area contributed by atoms with Crippen LogP contribution in [0.15, 0.2) is 66.9 Å². The van der Waals surface area contributed by atoms with Crippen molar-refractivity contribution < 1.29 is 4.43 Å². The van der Waals surface area contributed by atoms with E-state index in [1.807, 2.05) is 6.20 Å². The van der Waals surface area contributed by atoms with E-state index in [1.54, 1.807) is 0 Å². The number of nitrogens with one attached hydrogen (secondary N) is 1. The first-order valence-electron chi connectivity index (χ1n) is 9.87. The fourth-order valence-corrected chi connectivity index (χ4v) is 5.39. The smallest absolute Gasteiger partial charge is 0.250 e. The molecule has 3 aromatic rings. The maximum Gasteiger partial charge on any atom is 0.250 e. The van der Waals surface area contributed by atoms with Gasteiger partial charge >= 0.3 is 0 Å². The molecular weight excluding hydrogens is 346 g/mol. The predicted octanol–water partition coefficient (Wildman–Crippen LogP) is 7.51. The number of aromatic nitrogens is 1. The van der Waals surface area contributed by atoms with Crippen LogP contribution in [0.4, 0.5) is 0 Å². The molecule has 0 bridgehead atoms. The van der Waals surface area contributed by atoms with Crippen LogP contribution in [0.5, 0.6) is 5.75 Å². The van der Waals surface area contributed by atoms with Gasteiger partial charge in [0, 0.05) is 11.8 Å². The van der Waals surface area contributed by atoms with Gasteiger partial charge in [-0.2, -0.15) is 0 Å². The molecule has 3 rings (SSSR count). The molecule has 142 valence electrons. The van der Waals surface area contributed by atoms with Gasteiger partial charge < -0.3 is 9.41 Å². The fraction of sp³-hybridized carbons (Fsp3) is 0.333. The summed E-state index contributed by atoms with van der Waals surface area (Å²) in [6, 6.07) is 21.1. The summed E-state index contributed by atoms with van der Waals surface area (Å²) in [6.07, 6.45) is 4.41. The van der Waals surface area contributed by atoms with Gasteiger partial charge in [-0.1, -0.05) is 87.9 Å². The highest BCUT2D eigenvalue weighted by molar-refractivity contribution is 6.74. The molecule has 0 saturated heterocycles. The maximum atomic E-state index is 6.81. The minimum Gasteiger partial charge on any atom is -0.542 e. The third kappa shape index (κ3) is 4.03. The third-order valence-electron chi connectivity index (χ3n) is 5.84. The molecule has 0 aliphatic carbocycles. The highest BCUT2D eigenvalue weighted by Gasteiger charge is 2.42. The van der Waals surface area contributed by atoms with E-state index < -0.39 is 8.32 Å². The van der Waals surface area contributed by atoms with Crippen molar-refractivity contribution in [1.29, 1.82) is 0 Å². The van der Waals surface area contributed by atoms with E-state index in [4.69, 9.17) is 4.43 Å². The molecular formula is C24H31NOSi. The largest absolute Gasteiger partial charge is 0.542 e. The summed E-state index contributed by atoms with van der Waals surface area (Å²) in [6.45, 7) is 11.6. The fourth-order valence-electron chi connectivity index (χ4n) is 3.55. The topological polar surface area (TPSA) is 25.0 Å². The summed E-state index contributed by atoms with van der Waals surface area (Å²) in [5, 5.41) is 0.208. The first-order chi connectivity index (χ1) is 12.9. The van der Waals surface area contributed by atoms with Gasteiger partial charge in [-0.3, -0.25) is 0 Å². The van der Waals surface area contributed by atoms with Crippen molar-refractivity contribution in [1.82, 2.24) is 4.98 Å². The zero-order valence-corrected chi connectivity index (χ0v) is 18.2. The van der Waals surface area contributed by atoms with Crippen molar-refractivity contribution in [3.05, 3.63) is 66.9 Å². The number of benzene rings is 2. The van der Waals surface area contributed by atoms with Crippen molar-refractivity contribution in [3.63, 3.8) is 0 Å². The van der Waals surface area contributed by atoms with Crippen LogP contribution in [0.25, 0.3) is 22.4 Å². The number of hydrogen-bond donors (Lipinski definition) is 1. The lowest BCUT2D eigenvalue weighted by Crippen LogP contribution is -2.45. The second kappa shape index (κ2) is 7.77. The zero-order chi connectivity index (χ0) is 19.5. The quantitative estimate of drug-likeness (QED) is 0.423. The Morgan fingerprint density at radius 1 is 0.889 bits per heavy atom. The lowest BCUT2D eigenvalue weighted by molar-refractivity contribution is 0.455. The van der Waals surface area contributed by atoms with Crippen LogP contribution in [0.2, 0.25) is 18.1 Å². The Morgan fingerprint density at radius 3 is 2.00 bits per heavy atom. The van der Waals surface area contributed by atoms with Gasteiger partial charge in [0.25, 0.3) is 8.32 Å². The first kappa shape index (κ1) is 19.5. The predicted molar refractivity (Wildman–Crippen MR) is 119 cm³/mol. The highest BCUT2D eigenvalue weighted by Crippen LogP contribution is 2.46. The van der Waals surface area contributed by atoms with Crippen LogP contribution in [0, 0.1) is 0 Å². The van der Waals surface area contributed by atoms with E-state index >= 15 is 0 Å². The minimum atomic E-state index is -1.96. The molecule has 0 spiro atoms. The second-order valence-corrected chi connectivity index (χ2v) is 13.0. The molecule has 0 saturated carbocycles. The summed E-state index contributed by atoms with van der Waals surface area (Å²) in [5.41, 5.74) is 4.65. The van der Waals surface area contributed by atoms with Gasteiger partial charge in [-0.15, -0.1) is 0 Å². The molecule has 1 heterocycles. The van der Waals surface area contributed by atoms with Crippen LogP contribution in [0.3, 0.4) is 0 Å². The Labute approximate surface area is 164 Å². The van der Waals surface area contributed by atoms with Crippen LogP contribution in [0.1, 0.15) is 33.6 Å². The SMILES string of the molecule is CCCC(C)(C)[Si](C)(C)Oc1c[nH]c(-c2ccccc2)c1-c1ccccc1. The average Bonchev–Trinajstić information content (AvgIpc) is 3.06. The molecule has 0 amide bonds. The standard InChI is InChI=1S/C24H31NOSi/c1-6-17-24(2,3)27(4,5)26-21-18-25-23(20-15-11-8-12-16-20)22(21)19-13-9-7-10-14-19/h7-16,18,25H,6,17H2,1-5H3. The van der Waals surface area contributed by atoms with Crippen molar-refractivity contribution in [2.24, 2.45) is 0 Å². The van der Waals surface area contributed by atoms with E-state index in [-0.39, 0.29) is 5.04 Å². The summed E-state index contributed by atoms with van der Waals surface area (Å²) in [7, 11) is -1.96. The van der Waals surface area contributed by atoms with Gasteiger partial charge in [-0.05, 0) is 35.7 Å². The van der Waals surface area contributed by atoms with Crippen LogP contribution >= 0.6 is 0 Å². The Hall–Kier alpha value is -2.26. The molecule has 0 aliphatic heterocycles. The van der Waals surface area contributed by atoms with Gasteiger partial charge in [0.15, 0.2) is 0 Å². The number of rotatable bonds is 7. The van der Waals surface area contributed by atoms with Gasteiger partial charge in [0.2, 0.25) is 0 Å². The molecule has 2 nitrogen and oxygen atoms in total. The molecule has 0 atom stereocenters. The number of H-pyrrole nitrogens is 1. The van der Waals surface area contributed by atoms with E-state index in [0.717, 1.165) is 17.0 Å². The summed E-state index contributed by atoms with van der Waals surface area (Å²) in [5.74, 6) is 0.973. The zero-order valence-electron chi connectivity index (χ0n) is 17.2. The van der Waals surface area contributed by atoms with Crippen molar-refractivity contribution in [2.45, 2.75) is 51.7 Å². The lowest BCUT2D eigenvalue weighted by Gasteiger charge is -2.39. The summed E-state index contributed by atoms with van der Waals surface area (Å²) >= 11 is 0. The monoisotopic (exact) mass is 377 g/mol. The van der Waals surface area contributed by atoms with E-state index in [0.29, 0.717) is 0 Å². The normalized spacial score (nSPS) is 12.2. The van der Waals surface area contributed by atoms with E-state index in [2.05, 4.69) is 99.5 Å². The Balaban J connectivity index is 2.08. The van der Waals surface area contributed by atoms with Crippen molar-refractivity contribution in [3.8, 4) is 28.1 Å². The molecule has 0 aliphatic rings. The molecule has 3 heteroatoms. The number of hydrogen-bond acceptors (Lipinski definition) is 1. The average molecular weight is 378 g/mol. The Morgan fingerprint density at radius 2 is 1.44 bits per heavy atom. The lowest BCUT2D eigenvalue weighted by atomic mass is 10.0. The van der Waals surface area contributed by atoms with E-state index in [9.17, 15) is 0 Å². The second-order valence-electron chi connectivity index (χ2n) is 8.38. The highest BCUT2D eigenvalue weighted by atomic mass is 28.4. The van der Waals surface area contributed by atoms with Crippen molar-refractivity contribution in [2.75, 3.05) is 0 Å². The third-order valence-corrected chi connectivity index (χ3v) is 10.1. The van der Waals surface area contributed by atoms with Gasteiger partial charge in [-0.25, -0.2) is 0 Å². The Kier molecular flexibility index (Phi) is 5.61. The first-order valence-corrected chi connectivity index (χ1v) is 12.8. The van der Waals surface area contributed by atoms with Gasteiger partial charge in [0.1, 0.15) is 5.75 Å². The molecule has 1 aromatic heterocycles. The molecule has 27 heavy (non-hydrogen) atoms. The maximum absolute atomic E-state index is 6.81. The van der Waals surface area contributed by atoms with E-state index in [1.165, 1.54) is 24.0 Å². The minimum absolute atomic E-state index is 0.208. The molecule has 2 aromatic carbocycles. The molecule has 0 fully saturated rings. The van der Waals surface area contributed by atoms with Crippen LogP contribution in [-0.4, -0.2) is 13.3 Å². The van der Waals surface area contributed by atoms with Crippen molar-refractivity contribution >= 4 is 8.32 Å². The summed E-state index contributed by atoms with van der Waals surface area (Å²) in [4.78, 5) is 3.49.